The van der Waals surface area contributed by atoms with E-state index < -0.39 is 0 Å². The molecule has 18 heavy (non-hydrogen) atoms. The van der Waals surface area contributed by atoms with Crippen molar-refractivity contribution in [3.05, 3.63) is 23.8 Å². The molecule has 4 heteroatoms. The fourth-order valence-electron chi connectivity index (χ4n) is 2.52. The minimum atomic E-state index is 0.0208. The highest BCUT2D eigenvalue weighted by Gasteiger charge is 2.24. The van der Waals surface area contributed by atoms with Crippen molar-refractivity contribution in [2.75, 3.05) is 19.9 Å². The SMILES string of the molecule is COc1cc(N)cc(C(=O)N(C)C2CCCC2)c1. The number of hydrogen-bond donors (Lipinski definition) is 1. The van der Waals surface area contributed by atoms with E-state index >= 15 is 0 Å². The fraction of sp³-hybridized carbons (Fsp3) is 0.500. The monoisotopic (exact) mass is 248 g/mol. The molecule has 0 heterocycles. The van der Waals surface area contributed by atoms with Crippen molar-refractivity contribution in [3.8, 4) is 5.75 Å². The van der Waals surface area contributed by atoms with Gasteiger partial charge in [-0.1, -0.05) is 12.8 Å². The van der Waals surface area contributed by atoms with E-state index in [9.17, 15) is 4.79 Å². The van der Waals surface area contributed by atoms with Crippen LogP contribution in [0.2, 0.25) is 0 Å². The van der Waals surface area contributed by atoms with Crippen LogP contribution in [0, 0.1) is 0 Å². The van der Waals surface area contributed by atoms with Crippen molar-refractivity contribution >= 4 is 11.6 Å². The maximum absolute atomic E-state index is 12.4. The molecule has 0 saturated heterocycles. The molecule has 0 aliphatic heterocycles. The normalized spacial score (nSPS) is 15.7. The molecule has 0 atom stereocenters. The summed E-state index contributed by atoms with van der Waals surface area (Å²) in [5, 5.41) is 0. The van der Waals surface area contributed by atoms with Gasteiger partial charge in [-0.2, -0.15) is 0 Å². The molecule has 0 bridgehead atoms. The largest absolute Gasteiger partial charge is 0.497 e. The first-order valence-corrected chi connectivity index (χ1v) is 6.33. The van der Waals surface area contributed by atoms with Crippen LogP contribution in [0.5, 0.6) is 5.75 Å². The van der Waals surface area contributed by atoms with Gasteiger partial charge in [-0.25, -0.2) is 0 Å². The van der Waals surface area contributed by atoms with Crippen LogP contribution in [0.15, 0.2) is 18.2 Å². The first-order chi connectivity index (χ1) is 8.61. The van der Waals surface area contributed by atoms with Gasteiger partial charge in [0, 0.05) is 30.4 Å². The number of rotatable bonds is 3. The second-order valence-corrected chi connectivity index (χ2v) is 4.85. The Bertz CT molecular complexity index is 439. The Kier molecular flexibility index (Phi) is 3.75. The fourth-order valence-corrected chi connectivity index (χ4v) is 2.52. The average Bonchev–Trinajstić information content (AvgIpc) is 2.90. The third-order valence-corrected chi connectivity index (χ3v) is 3.60. The van der Waals surface area contributed by atoms with Crippen LogP contribution in [-0.4, -0.2) is 31.0 Å². The molecule has 98 valence electrons. The number of ether oxygens (including phenoxy) is 1. The molecule has 2 N–H and O–H groups in total. The van der Waals surface area contributed by atoms with Crippen LogP contribution in [0.4, 0.5) is 5.69 Å². The van der Waals surface area contributed by atoms with E-state index in [0.717, 1.165) is 12.8 Å². The molecule has 0 aromatic heterocycles. The van der Waals surface area contributed by atoms with Gasteiger partial charge < -0.3 is 15.4 Å². The summed E-state index contributed by atoms with van der Waals surface area (Å²) in [5.41, 5.74) is 6.93. The lowest BCUT2D eigenvalue weighted by Crippen LogP contribution is -2.35. The third-order valence-electron chi connectivity index (χ3n) is 3.60. The van der Waals surface area contributed by atoms with Gasteiger partial charge in [-0.3, -0.25) is 4.79 Å². The highest BCUT2D eigenvalue weighted by atomic mass is 16.5. The summed E-state index contributed by atoms with van der Waals surface area (Å²) in [7, 11) is 3.44. The van der Waals surface area contributed by atoms with Gasteiger partial charge in [0.05, 0.1) is 7.11 Å². The molecule has 1 amide bonds. The Morgan fingerprint density at radius 3 is 2.61 bits per heavy atom. The van der Waals surface area contributed by atoms with Crippen LogP contribution >= 0.6 is 0 Å². The lowest BCUT2D eigenvalue weighted by molar-refractivity contribution is 0.0735. The number of amides is 1. The van der Waals surface area contributed by atoms with E-state index in [1.807, 2.05) is 11.9 Å². The molecule has 0 radical (unpaired) electrons. The summed E-state index contributed by atoms with van der Waals surface area (Å²) < 4.78 is 5.14. The average molecular weight is 248 g/mol. The summed E-state index contributed by atoms with van der Waals surface area (Å²) in [6.45, 7) is 0. The summed E-state index contributed by atoms with van der Waals surface area (Å²) in [6, 6.07) is 5.53. The number of benzene rings is 1. The van der Waals surface area contributed by atoms with Gasteiger partial charge in [0.25, 0.3) is 5.91 Å². The van der Waals surface area contributed by atoms with E-state index in [2.05, 4.69) is 0 Å². The third kappa shape index (κ3) is 2.58. The Morgan fingerprint density at radius 2 is 2.00 bits per heavy atom. The number of carbonyl (C=O) groups excluding carboxylic acids is 1. The minimum Gasteiger partial charge on any atom is -0.497 e. The van der Waals surface area contributed by atoms with Crippen molar-refractivity contribution in [3.63, 3.8) is 0 Å². The highest BCUT2D eigenvalue weighted by Crippen LogP contribution is 2.25. The number of anilines is 1. The molecule has 1 saturated carbocycles. The van der Waals surface area contributed by atoms with Crippen molar-refractivity contribution in [1.29, 1.82) is 0 Å². The van der Waals surface area contributed by atoms with Crippen LogP contribution in [0.1, 0.15) is 36.0 Å². The lowest BCUT2D eigenvalue weighted by Gasteiger charge is -2.24. The Balaban J connectivity index is 2.19. The first kappa shape index (κ1) is 12.7. The van der Waals surface area contributed by atoms with Crippen molar-refractivity contribution < 1.29 is 9.53 Å². The van der Waals surface area contributed by atoms with E-state index in [1.54, 1.807) is 25.3 Å². The minimum absolute atomic E-state index is 0.0208. The van der Waals surface area contributed by atoms with E-state index in [4.69, 9.17) is 10.5 Å². The van der Waals surface area contributed by atoms with Gasteiger partial charge in [0.1, 0.15) is 5.75 Å². The van der Waals surface area contributed by atoms with Gasteiger partial charge in [0.15, 0.2) is 0 Å². The van der Waals surface area contributed by atoms with Crippen LogP contribution in [0.3, 0.4) is 0 Å². The van der Waals surface area contributed by atoms with E-state index in [1.165, 1.54) is 12.8 Å². The summed E-state index contributed by atoms with van der Waals surface area (Å²) >= 11 is 0. The molecular formula is C14H20N2O2. The zero-order valence-corrected chi connectivity index (χ0v) is 11.0. The topological polar surface area (TPSA) is 55.6 Å². The standard InChI is InChI=1S/C14H20N2O2/c1-16(12-5-3-4-6-12)14(17)10-7-11(15)9-13(8-10)18-2/h7-9,12H,3-6,15H2,1-2H3. The summed E-state index contributed by atoms with van der Waals surface area (Å²) in [6.07, 6.45) is 4.62. The maximum Gasteiger partial charge on any atom is 0.254 e. The first-order valence-electron chi connectivity index (χ1n) is 6.33. The molecule has 2 rings (SSSR count). The molecule has 0 unspecified atom stereocenters. The maximum atomic E-state index is 12.4. The Hall–Kier alpha value is -1.71. The number of carbonyl (C=O) groups is 1. The predicted octanol–water partition coefficient (Wildman–Crippen LogP) is 2.29. The second-order valence-electron chi connectivity index (χ2n) is 4.85. The molecule has 1 aromatic carbocycles. The number of nitrogens with two attached hydrogens (primary N) is 1. The summed E-state index contributed by atoms with van der Waals surface area (Å²) in [4.78, 5) is 14.2. The molecule has 1 fully saturated rings. The molecule has 1 aromatic rings. The van der Waals surface area contributed by atoms with Gasteiger partial charge in [-0.15, -0.1) is 0 Å². The molecule has 1 aliphatic carbocycles. The van der Waals surface area contributed by atoms with Gasteiger partial charge >= 0.3 is 0 Å². The Morgan fingerprint density at radius 1 is 1.33 bits per heavy atom. The van der Waals surface area contributed by atoms with Crippen molar-refractivity contribution in [2.45, 2.75) is 31.7 Å². The number of methoxy groups -OCH3 is 1. The van der Waals surface area contributed by atoms with E-state index in [-0.39, 0.29) is 5.91 Å². The smallest absolute Gasteiger partial charge is 0.254 e. The number of nitrogens with zero attached hydrogens (tertiary/aromatic N) is 1. The quantitative estimate of drug-likeness (QED) is 0.835. The van der Waals surface area contributed by atoms with Crippen LogP contribution < -0.4 is 10.5 Å². The molecular weight excluding hydrogens is 228 g/mol. The number of hydrogen-bond acceptors (Lipinski definition) is 3. The predicted molar refractivity (Wildman–Crippen MR) is 71.8 cm³/mol. The van der Waals surface area contributed by atoms with E-state index in [0.29, 0.717) is 23.0 Å². The van der Waals surface area contributed by atoms with Crippen LogP contribution in [-0.2, 0) is 0 Å². The zero-order valence-electron chi connectivity index (χ0n) is 11.0. The second kappa shape index (κ2) is 5.29. The molecule has 4 nitrogen and oxygen atoms in total. The zero-order chi connectivity index (χ0) is 13.1. The molecule has 0 spiro atoms. The highest BCUT2D eigenvalue weighted by molar-refractivity contribution is 5.95. The van der Waals surface area contributed by atoms with Crippen molar-refractivity contribution in [2.24, 2.45) is 0 Å². The lowest BCUT2D eigenvalue weighted by atomic mass is 10.1. The van der Waals surface area contributed by atoms with Gasteiger partial charge in [0.2, 0.25) is 0 Å². The summed E-state index contributed by atoms with van der Waals surface area (Å²) in [5.74, 6) is 0.644. The van der Waals surface area contributed by atoms with Crippen molar-refractivity contribution in [1.82, 2.24) is 4.90 Å². The number of nitrogen functional groups attached to an aromatic ring is 1. The van der Waals surface area contributed by atoms with Gasteiger partial charge in [-0.05, 0) is 25.0 Å². The Labute approximate surface area is 108 Å². The molecule has 1 aliphatic rings. The van der Waals surface area contributed by atoms with Crippen LogP contribution in [0.25, 0.3) is 0 Å².